The highest BCUT2D eigenvalue weighted by Gasteiger charge is 2.32. The number of carboxylic acid groups (broad SMARTS) is 1. The molecule has 0 unspecified atom stereocenters. The van der Waals surface area contributed by atoms with Crippen molar-refractivity contribution in [3.05, 3.63) is 80.5 Å². The van der Waals surface area contributed by atoms with E-state index in [-0.39, 0.29) is 22.3 Å². The largest absolute Gasteiger partial charge is 0.573 e. The molecule has 1 heterocycles. The zero-order chi connectivity index (χ0) is 27.6. The highest BCUT2D eigenvalue weighted by molar-refractivity contribution is 14.1. The van der Waals surface area contributed by atoms with Crippen LogP contribution in [0.5, 0.6) is 23.0 Å². The number of benzene rings is 3. The minimum absolute atomic E-state index is 0.249. The van der Waals surface area contributed by atoms with Gasteiger partial charge in [0.1, 0.15) is 17.2 Å². The van der Waals surface area contributed by atoms with Gasteiger partial charge in [-0.3, -0.25) is 0 Å². The molecule has 0 aliphatic rings. The summed E-state index contributed by atoms with van der Waals surface area (Å²) in [5.41, 5.74) is 1.88. The summed E-state index contributed by atoms with van der Waals surface area (Å²) >= 11 is 7.79. The zero-order valence-corrected chi connectivity index (χ0v) is 23.1. The van der Waals surface area contributed by atoms with Crippen molar-refractivity contribution in [2.75, 3.05) is 0 Å². The number of hydrogen-bond acceptors (Lipinski definition) is 4. The van der Waals surface area contributed by atoms with Gasteiger partial charge in [0.15, 0.2) is 11.9 Å². The van der Waals surface area contributed by atoms with Crippen LogP contribution >= 0.6 is 34.2 Å². The SMILES string of the molecule is CC[C@@H](Oc1cccc(Cn2c(C)c(Oc3ccc(Cl)cc3)c3cc(I)c(OC(F)(F)F)cc32)c1)C(=O)O. The van der Waals surface area contributed by atoms with Crippen LogP contribution in [0.15, 0.2) is 60.7 Å². The van der Waals surface area contributed by atoms with Gasteiger partial charge in [-0.1, -0.05) is 30.7 Å². The molecule has 4 aromatic rings. The lowest BCUT2D eigenvalue weighted by Crippen LogP contribution is -2.25. The minimum Gasteiger partial charge on any atom is -0.479 e. The number of rotatable bonds is 9. The van der Waals surface area contributed by atoms with Crippen LogP contribution in [0.2, 0.25) is 5.02 Å². The summed E-state index contributed by atoms with van der Waals surface area (Å²) in [6, 6.07) is 16.6. The van der Waals surface area contributed by atoms with Crippen LogP contribution in [0.3, 0.4) is 0 Å². The van der Waals surface area contributed by atoms with Crippen molar-refractivity contribution in [2.45, 2.75) is 39.3 Å². The van der Waals surface area contributed by atoms with Gasteiger partial charge in [0.25, 0.3) is 0 Å². The van der Waals surface area contributed by atoms with Gasteiger partial charge < -0.3 is 23.9 Å². The van der Waals surface area contributed by atoms with Crippen LogP contribution < -0.4 is 14.2 Å². The van der Waals surface area contributed by atoms with E-state index in [1.807, 2.05) is 10.6 Å². The number of carbonyl (C=O) groups is 1. The van der Waals surface area contributed by atoms with Crippen molar-refractivity contribution in [3.8, 4) is 23.0 Å². The number of ether oxygens (including phenoxy) is 3. The van der Waals surface area contributed by atoms with Gasteiger partial charge in [0.2, 0.25) is 0 Å². The standard InChI is InChI=1S/C27H22ClF3INO5/c1-3-23(26(34)35)36-19-6-4-5-16(11-19)14-33-15(2)25(37-18-9-7-17(28)8-10-18)20-12-21(32)24(13-22(20)33)38-27(29,30)31/h4-13,23H,3,14H2,1-2H3,(H,34,35)/t23-/m1/s1. The van der Waals surface area contributed by atoms with Gasteiger partial charge >= 0.3 is 12.3 Å². The van der Waals surface area contributed by atoms with Gasteiger partial charge in [-0.2, -0.15) is 0 Å². The quantitative estimate of drug-likeness (QED) is 0.184. The summed E-state index contributed by atoms with van der Waals surface area (Å²) in [7, 11) is 0. The molecule has 1 N–H and O–H groups in total. The molecule has 0 bridgehead atoms. The number of aromatic nitrogens is 1. The lowest BCUT2D eigenvalue weighted by atomic mass is 10.2. The Balaban J connectivity index is 1.79. The minimum atomic E-state index is -4.85. The molecule has 3 aromatic carbocycles. The van der Waals surface area contributed by atoms with Crippen LogP contribution in [-0.2, 0) is 11.3 Å². The smallest absolute Gasteiger partial charge is 0.479 e. The zero-order valence-electron chi connectivity index (χ0n) is 20.2. The summed E-state index contributed by atoms with van der Waals surface area (Å²) in [4.78, 5) is 11.4. The number of carboxylic acids is 1. The van der Waals surface area contributed by atoms with Gasteiger partial charge in [0.05, 0.1) is 14.8 Å². The fourth-order valence-electron chi connectivity index (χ4n) is 3.97. The number of nitrogens with zero attached hydrogens (tertiary/aromatic N) is 1. The summed E-state index contributed by atoms with van der Waals surface area (Å²) in [6.07, 6.45) is -5.57. The molecule has 0 fully saturated rings. The first-order valence-electron chi connectivity index (χ1n) is 11.4. The van der Waals surface area contributed by atoms with E-state index in [4.69, 9.17) is 21.1 Å². The Bertz CT molecular complexity index is 1470. The van der Waals surface area contributed by atoms with E-state index in [1.165, 1.54) is 6.07 Å². The second kappa shape index (κ2) is 11.3. The molecule has 0 saturated heterocycles. The van der Waals surface area contributed by atoms with E-state index in [1.54, 1.807) is 85.0 Å². The number of hydrogen-bond donors (Lipinski definition) is 1. The average molecular weight is 660 g/mol. The molecule has 0 aliphatic carbocycles. The fraction of sp³-hybridized carbons (Fsp3) is 0.222. The lowest BCUT2D eigenvalue weighted by molar-refractivity contribution is -0.274. The molecule has 0 aliphatic heterocycles. The maximum atomic E-state index is 13.1. The Morgan fingerprint density at radius 2 is 1.82 bits per heavy atom. The summed E-state index contributed by atoms with van der Waals surface area (Å²) < 4.78 is 57.4. The third kappa shape index (κ3) is 6.47. The molecular formula is C27H22ClF3INO5. The van der Waals surface area contributed by atoms with Gasteiger partial charge in [-0.05, 0) is 84.0 Å². The Morgan fingerprint density at radius 1 is 1.11 bits per heavy atom. The van der Waals surface area contributed by atoms with E-state index >= 15 is 0 Å². The van der Waals surface area contributed by atoms with Crippen LogP contribution in [-0.4, -0.2) is 28.1 Å². The van der Waals surface area contributed by atoms with Crippen molar-refractivity contribution >= 4 is 51.1 Å². The van der Waals surface area contributed by atoms with Crippen molar-refractivity contribution in [1.82, 2.24) is 4.57 Å². The third-order valence-corrected chi connectivity index (χ3v) is 6.84. The number of aliphatic carboxylic acids is 1. The molecule has 1 atom stereocenters. The molecule has 6 nitrogen and oxygen atoms in total. The molecule has 0 saturated carbocycles. The van der Waals surface area contributed by atoms with E-state index in [9.17, 15) is 23.1 Å². The summed E-state index contributed by atoms with van der Waals surface area (Å²) in [5, 5.41) is 10.5. The molecule has 0 radical (unpaired) electrons. The Labute approximate surface area is 235 Å². The maximum Gasteiger partial charge on any atom is 0.573 e. The molecule has 38 heavy (non-hydrogen) atoms. The highest BCUT2D eigenvalue weighted by atomic mass is 127. The molecular weight excluding hydrogens is 638 g/mol. The molecule has 1 aromatic heterocycles. The molecule has 0 spiro atoms. The van der Waals surface area contributed by atoms with E-state index in [0.717, 1.165) is 5.56 Å². The van der Waals surface area contributed by atoms with E-state index in [2.05, 4.69) is 4.74 Å². The first kappa shape index (κ1) is 27.9. The normalized spacial score (nSPS) is 12.4. The maximum absolute atomic E-state index is 13.1. The fourth-order valence-corrected chi connectivity index (χ4v) is 4.68. The van der Waals surface area contributed by atoms with Crippen molar-refractivity contribution < 1.29 is 37.3 Å². The highest BCUT2D eigenvalue weighted by Crippen LogP contribution is 2.41. The monoisotopic (exact) mass is 659 g/mol. The predicted octanol–water partition coefficient (Wildman–Crippen LogP) is 8.19. The summed E-state index contributed by atoms with van der Waals surface area (Å²) in [6.45, 7) is 3.77. The lowest BCUT2D eigenvalue weighted by Gasteiger charge is -2.15. The number of fused-ring (bicyclic) bond motifs is 1. The second-order valence-electron chi connectivity index (χ2n) is 8.40. The van der Waals surface area contributed by atoms with Crippen molar-refractivity contribution in [2.24, 2.45) is 0 Å². The second-order valence-corrected chi connectivity index (χ2v) is 10.0. The average Bonchev–Trinajstić information content (AvgIpc) is 3.08. The van der Waals surface area contributed by atoms with Gasteiger partial charge in [0, 0.05) is 23.0 Å². The van der Waals surface area contributed by atoms with Crippen molar-refractivity contribution in [3.63, 3.8) is 0 Å². The van der Waals surface area contributed by atoms with Crippen LogP contribution in [0.25, 0.3) is 10.9 Å². The summed E-state index contributed by atoms with van der Waals surface area (Å²) in [5.74, 6) is -0.0354. The molecule has 4 rings (SSSR count). The van der Waals surface area contributed by atoms with Gasteiger partial charge in [-0.25, -0.2) is 4.79 Å². The Morgan fingerprint density at radius 3 is 2.45 bits per heavy atom. The number of alkyl halides is 3. The number of halogens is 5. The van der Waals surface area contributed by atoms with Crippen LogP contribution in [0, 0.1) is 10.5 Å². The Hall–Kier alpha value is -3.12. The third-order valence-electron chi connectivity index (χ3n) is 5.74. The van der Waals surface area contributed by atoms with Crippen LogP contribution in [0.4, 0.5) is 13.2 Å². The van der Waals surface area contributed by atoms with Gasteiger partial charge in [-0.15, -0.1) is 13.2 Å². The molecule has 0 amide bonds. The first-order valence-corrected chi connectivity index (χ1v) is 12.9. The molecule has 200 valence electrons. The topological polar surface area (TPSA) is 69.9 Å². The Kier molecular flexibility index (Phi) is 8.31. The van der Waals surface area contributed by atoms with E-state index < -0.39 is 18.4 Å². The van der Waals surface area contributed by atoms with E-state index in [0.29, 0.717) is 38.9 Å². The van der Waals surface area contributed by atoms with Crippen LogP contribution in [0.1, 0.15) is 24.6 Å². The molecule has 11 heteroatoms. The first-order chi connectivity index (χ1) is 17.9. The van der Waals surface area contributed by atoms with Crippen molar-refractivity contribution in [1.29, 1.82) is 0 Å². The predicted molar refractivity (Wildman–Crippen MR) is 145 cm³/mol.